The van der Waals surface area contributed by atoms with E-state index in [4.69, 9.17) is 16.3 Å². The first kappa shape index (κ1) is 20.3. The predicted molar refractivity (Wildman–Crippen MR) is 99.8 cm³/mol. The molecule has 1 unspecified atom stereocenters. The van der Waals surface area contributed by atoms with Gasteiger partial charge in [0.05, 0.1) is 6.61 Å². The van der Waals surface area contributed by atoms with Gasteiger partial charge in [0.15, 0.2) is 5.96 Å². The normalized spacial score (nSPS) is 12.6. The molecule has 3 N–H and O–H groups in total. The minimum absolute atomic E-state index is 0.0294. The maximum absolute atomic E-state index is 11.9. The van der Waals surface area contributed by atoms with Gasteiger partial charge in [-0.3, -0.25) is 9.79 Å². The second-order valence-corrected chi connectivity index (χ2v) is 5.86. The molecule has 1 aromatic carbocycles. The van der Waals surface area contributed by atoms with E-state index < -0.39 is 0 Å². The monoisotopic (exact) mass is 354 g/mol. The third-order valence-corrected chi connectivity index (χ3v) is 3.36. The molecule has 24 heavy (non-hydrogen) atoms. The molecule has 0 spiro atoms. The molecule has 0 aliphatic heterocycles. The van der Waals surface area contributed by atoms with Gasteiger partial charge in [-0.1, -0.05) is 11.6 Å². The van der Waals surface area contributed by atoms with Gasteiger partial charge in [0, 0.05) is 43.4 Å². The fourth-order valence-electron chi connectivity index (χ4n) is 2.03. The van der Waals surface area contributed by atoms with Crippen molar-refractivity contribution in [3.63, 3.8) is 0 Å². The Bertz CT molecular complexity index is 520. The lowest BCUT2D eigenvalue weighted by atomic mass is 10.2. The summed E-state index contributed by atoms with van der Waals surface area (Å²) in [6, 6.07) is 7.22. The number of halogens is 1. The Morgan fingerprint density at radius 2 is 2.04 bits per heavy atom. The molecule has 6 nitrogen and oxygen atoms in total. The minimum Gasteiger partial charge on any atom is -0.383 e. The van der Waals surface area contributed by atoms with E-state index in [0.29, 0.717) is 31.0 Å². The number of hydrogen-bond donors (Lipinski definition) is 3. The Morgan fingerprint density at radius 3 is 2.67 bits per heavy atom. The molecule has 1 aromatic rings. The van der Waals surface area contributed by atoms with Crippen LogP contribution in [0.4, 0.5) is 5.69 Å². The molecular formula is C17H27ClN4O2. The molecule has 1 atom stereocenters. The average Bonchev–Trinajstić information content (AvgIpc) is 2.54. The van der Waals surface area contributed by atoms with Crippen LogP contribution in [0.1, 0.15) is 26.7 Å². The number of amides is 1. The number of ether oxygens (including phenoxy) is 1. The number of carbonyl (C=O) groups excluding carboxylic acids is 1. The Balaban J connectivity index is 2.34. The quantitative estimate of drug-likeness (QED) is 0.362. The zero-order valence-corrected chi connectivity index (χ0v) is 15.3. The fraction of sp³-hybridized carbons (Fsp3) is 0.529. The lowest BCUT2D eigenvalue weighted by Gasteiger charge is -2.16. The summed E-state index contributed by atoms with van der Waals surface area (Å²) in [7, 11) is 1.67. The third kappa shape index (κ3) is 8.74. The summed E-state index contributed by atoms with van der Waals surface area (Å²) >= 11 is 5.81. The Hall–Kier alpha value is -1.79. The maximum Gasteiger partial charge on any atom is 0.224 e. The van der Waals surface area contributed by atoms with Gasteiger partial charge in [0.25, 0.3) is 0 Å². The van der Waals surface area contributed by atoms with E-state index >= 15 is 0 Å². The van der Waals surface area contributed by atoms with Crippen molar-refractivity contribution >= 4 is 29.2 Å². The summed E-state index contributed by atoms with van der Waals surface area (Å²) in [6.45, 7) is 5.99. The van der Waals surface area contributed by atoms with Crippen molar-refractivity contribution in [2.45, 2.75) is 32.7 Å². The van der Waals surface area contributed by atoms with Crippen molar-refractivity contribution in [2.75, 3.05) is 32.1 Å². The highest BCUT2D eigenvalue weighted by atomic mass is 35.5. The molecule has 0 bridgehead atoms. The molecule has 0 saturated heterocycles. The average molecular weight is 355 g/mol. The van der Waals surface area contributed by atoms with Crippen molar-refractivity contribution in [3.05, 3.63) is 29.3 Å². The first-order valence-electron chi connectivity index (χ1n) is 8.14. The number of rotatable bonds is 9. The van der Waals surface area contributed by atoms with Gasteiger partial charge in [-0.2, -0.15) is 0 Å². The van der Waals surface area contributed by atoms with E-state index in [9.17, 15) is 4.79 Å². The first-order chi connectivity index (χ1) is 11.5. The lowest BCUT2D eigenvalue weighted by Crippen LogP contribution is -2.44. The van der Waals surface area contributed by atoms with Gasteiger partial charge in [0.1, 0.15) is 0 Å². The van der Waals surface area contributed by atoms with Crippen molar-refractivity contribution in [2.24, 2.45) is 4.99 Å². The molecule has 7 heteroatoms. The zero-order valence-electron chi connectivity index (χ0n) is 14.6. The van der Waals surface area contributed by atoms with Gasteiger partial charge >= 0.3 is 0 Å². The smallest absolute Gasteiger partial charge is 0.224 e. The molecule has 0 aliphatic carbocycles. The number of methoxy groups -OCH3 is 1. The number of guanidine groups is 1. The molecule has 1 rings (SSSR count). The van der Waals surface area contributed by atoms with Gasteiger partial charge in [-0.15, -0.1) is 0 Å². The summed E-state index contributed by atoms with van der Waals surface area (Å²) in [5.74, 6) is 0.707. The Morgan fingerprint density at radius 1 is 1.33 bits per heavy atom. The van der Waals surface area contributed by atoms with Crippen molar-refractivity contribution in [3.8, 4) is 0 Å². The van der Waals surface area contributed by atoms with E-state index in [-0.39, 0.29) is 11.9 Å². The topological polar surface area (TPSA) is 74.8 Å². The summed E-state index contributed by atoms with van der Waals surface area (Å²) in [4.78, 5) is 16.4. The van der Waals surface area contributed by atoms with Crippen molar-refractivity contribution < 1.29 is 9.53 Å². The van der Waals surface area contributed by atoms with Crippen LogP contribution in [0.15, 0.2) is 29.3 Å². The van der Waals surface area contributed by atoms with Crippen LogP contribution >= 0.6 is 11.6 Å². The molecule has 0 aromatic heterocycles. The number of nitrogens with one attached hydrogen (secondary N) is 3. The van der Waals surface area contributed by atoms with E-state index in [1.54, 1.807) is 31.4 Å². The highest BCUT2D eigenvalue weighted by molar-refractivity contribution is 6.30. The molecule has 0 saturated carbocycles. The Labute approximate surface area is 149 Å². The van der Waals surface area contributed by atoms with Gasteiger partial charge in [-0.25, -0.2) is 0 Å². The van der Waals surface area contributed by atoms with Crippen LogP contribution in [0.3, 0.4) is 0 Å². The van der Waals surface area contributed by atoms with Crippen LogP contribution in [0.5, 0.6) is 0 Å². The van der Waals surface area contributed by atoms with E-state index in [2.05, 4.69) is 20.9 Å². The van der Waals surface area contributed by atoms with Crippen molar-refractivity contribution in [1.82, 2.24) is 10.6 Å². The van der Waals surface area contributed by atoms with Crippen LogP contribution in [0, 0.1) is 0 Å². The van der Waals surface area contributed by atoms with Gasteiger partial charge in [0.2, 0.25) is 5.91 Å². The van der Waals surface area contributed by atoms with Crippen LogP contribution in [-0.2, 0) is 9.53 Å². The molecule has 134 valence electrons. The maximum atomic E-state index is 11.9. The summed E-state index contributed by atoms with van der Waals surface area (Å²) in [5, 5.41) is 9.91. The van der Waals surface area contributed by atoms with Crippen LogP contribution in [-0.4, -0.2) is 44.7 Å². The third-order valence-electron chi connectivity index (χ3n) is 3.10. The van der Waals surface area contributed by atoms with Gasteiger partial charge in [-0.05, 0) is 44.5 Å². The van der Waals surface area contributed by atoms with Crippen molar-refractivity contribution in [1.29, 1.82) is 0 Å². The number of benzene rings is 1. The summed E-state index contributed by atoms with van der Waals surface area (Å²) < 4.78 is 5.10. The highest BCUT2D eigenvalue weighted by Gasteiger charge is 2.05. The standard InChI is InChI=1S/C17H27ClN4O2/c1-4-19-17(21-13(2)12-24-3)20-11-5-6-16(23)22-15-9-7-14(18)8-10-15/h7-10,13H,4-6,11-12H2,1-3H3,(H,22,23)(H2,19,20,21). The van der Waals surface area contributed by atoms with E-state index in [1.165, 1.54) is 0 Å². The number of anilines is 1. The molecule has 0 radical (unpaired) electrons. The number of aliphatic imine (C=N–C) groups is 1. The van der Waals surface area contributed by atoms with Crippen LogP contribution in [0.25, 0.3) is 0 Å². The molecule has 0 fully saturated rings. The van der Waals surface area contributed by atoms with E-state index in [1.807, 2.05) is 13.8 Å². The molecule has 0 heterocycles. The Kier molecular flexibility index (Phi) is 9.88. The lowest BCUT2D eigenvalue weighted by molar-refractivity contribution is -0.116. The second kappa shape index (κ2) is 11.7. The zero-order chi connectivity index (χ0) is 17.8. The van der Waals surface area contributed by atoms with E-state index in [0.717, 1.165) is 18.2 Å². The number of nitrogens with zero attached hydrogens (tertiary/aromatic N) is 1. The summed E-state index contributed by atoms with van der Waals surface area (Å²) in [5.41, 5.74) is 0.747. The molecule has 1 amide bonds. The number of carbonyl (C=O) groups is 1. The highest BCUT2D eigenvalue weighted by Crippen LogP contribution is 2.13. The summed E-state index contributed by atoms with van der Waals surface area (Å²) in [6.07, 6.45) is 1.09. The first-order valence-corrected chi connectivity index (χ1v) is 8.52. The van der Waals surface area contributed by atoms with Crippen LogP contribution in [0.2, 0.25) is 5.02 Å². The molecular weight excluding hydrogens is 328 g/mol. The molecule has 0 aliphatic rings. The van der Waals surface area contributed by atoms with Gasteiger partial charge < -0.3 is 20.7 Å². The largest absolute Gasteiger partial charge is 0.383 e. The van der Waals surface area contributed by atoms with Crippen LogP contribution < -0.4 is 16.0 Å². The second-order valence-electron chi connectivity index (χ2n) is 5.42. The minimum atomic E-state index is -0.0294. The predicted octanol–water partition coefficient (Wildman–Crippen LogP) is 2.65. The SMILES string of the molecule is CCNC(=NCCCC(=O)Nc1ccc(Cl)cc1)NC(C)COC. The number of hydrogen-bond acceptors (Lipinski definition) is 3. The fourth-order valence-corrected chi connectivity index (χ4v) is 2.16.